The van der Waals surface area contributed by atoms with Gasteiger partial charge in [-0.3, -0.25) is 9.69 Å². The first kappa shape index (κ1) is 25.4. The second-order valence-corrected chi connectivity index (χ2v) is 10.1. The maximum atomic E-state index is 12.7. The summed E-state index contributed by atoms with van der Waals surface area (Å²) in [6.45, 7) is 7.06. The van der Waals surface area contributed by atoms with Crippen LogP contribution >= 0.6 is 11.8 Å². The predicted octanol–water partition coefficient (Wildman–Crippen LogP) is 3.61. The molecule has 0 aromatic heterocycles. The van der Waals surface area contributed by atoms with Crippen LogP contribution < -0.4 is 4.90 Å². The van der Waals surface area contributed by atoms with Crippen LogP contribution in [-0.4, -0.2) is 91.9 Å². The third kappa shape index (κ3) is 8.25. The van der Waals surface area contributed by atoms with Gasteiger partial charge in [0.15, 0.2) is 0 Å². The Kier molecular flexibility index (Phi) is 9.91. The van der Waals surface area contributed by atoms with Crippen LogP contribution in [-0.2, 0) is 11.3 Å². The van der Waals surface area contributed by atoms with Crippen molar-refractivity contribution in [1.29, 1.82) is 0 Å². The number of phenolic OH excluding ortho intramolecular Hbond substituents is 1. The number of nitrogens with zero attached hydrogens (tertiary/aromatic N) is 4. The molecule has 0 atom stereocenters. The largest absolute Gasteiger partial charge is 0.508 e. The molecule has 1 aliphatic rings. The maximum Gasteiger partial charge on any atom is 0.222 e. The molecule has 1 N–H and O–H groups in total. The Bertz CT molecular complexity index is 867. The minimum Gasteiger partial charge on any atom is -0.508 e. The summed E-state index contributed by atoms with van der Waals surface area (Å²) >= 11 is 1.72. The molecule has 0 unspecified atom stereocenters. The van der Waals surface area contributed by atoms with E-state index in [1.54, 1.807) is 23.9 Å². The lowest BCUT2D eigenvalue weighted by molar-refractivity contribution is -0.130. The predicted molar refractivity (Wildman–Crippen MR) is 138 cm³/mol. The van der Waals surface area contributed by atoms with Crippen molar-refractivity contribution in [3.8, 4) is 5.75 Å². The van der Waals surface area contributed by atoms with Crippen LogP contribution in [0.15, 0.2) is 53.4 Å². The molecule has 0 saturated carbocycles. The van der Waals surface area contributed by atoms with E-state index in [0.29, 0.717) is 13.0 Å². The summed E-state index contributed by atoms with van der Waals surface area (Å²) in [5.74, 6) is 1.35. The fourth-order valence-corrected chi connectivity index (χ4v) is 4.85. The normalized spacial score (nSPS) is 14.6. The first-order valence-corrected chi connectivity index (χ1v) is 12.8. The van der Waals surface area contributed by atoms with Crippen molar-refractivity contribution >= 4 is 23.4 Å². The Hall–Kier alpha value is -2.22. The Morgan fingerprint density at radius 2 is 1.70 bits per heavy atom. The van der Waals surface area contributed by atoms with Gasteiger partial charge in [-0.1, -0.05) is 18.2 Å². The fourth-order valence-electron chi connectivity index (χ4n) is 4.00. The Morgan fingerprint density at radius 3 is 2.39 bits per heavy atom. The Morgan fingerprint density at radius 1 is 1.00 bits per heavy atom. The number of aromatic hydroxyl groups is 1. The zero-order chi connectivity index (χ0) is 23.6. The number of thioether (sulfide) groups is 1. The van der Waals surface area contributed by atoms with Crippen LogP contribution in [0.2, 0.25) is 0 Å². The van der Waals surface area contributed by atoms with Gasteiger partial charge >= 0.3 is 0 Å². The number of anilines is 1. The first-order chi connectivity index (χ1) is 15.9. The molecule has 0 bridgehead atoms. The molecule has 33 heavy (non-hydrogen) atoms. The number of carbonyl (C=O) groups excluding carboxylic acids is 1. The van der Waals surface area contributed by atoms with Crippen molar-refractivity contribution in [3.63, 3.8) is 0 Å². The van der Waals surface area contributed by atoms with E-state index in [1.807, 2.05) is 24.1 Å². The molecule has 2 aromatic carbocycles. The Balaban J connectivity index is 1.45. The van der Waals surface area contributed by atoms with Gasteiger partial charge in [0.25, 0.3) is 0 Å². The van der Waals surface area contributed by atoms with Crippen LogP contribution in [0, 0.1) is 0 Å². The summed E-state index contributed by atoms with van der Waals surface area (Å²) in [5, 5.41) is 9.37. The minimum absolute atomic E-state index is 0.185. The highest BCUT2D eigenvalue weighted by Gasteiger charge is 2.20. The highest BCUT2D eigenvalue weighted by molar-refractivity contribution is 7.99. The summed E-state index contributed by atoms with van der Waals surface area (Å²) in [6.07, 6.45) is 1.39. The van der Waals surface area contributed by atoms with E-state index in [9.17, 15) is 9.90 Å². The summed E-state index contributed by atoms with van der Waals surface area (Å²) in [4.78, 5) is 22.9. The van der Waals surface area contributed by atoms with Gasteiger partial charge in [-0.15, -0.1) is 11.8 Å². The minimum atomic E-state index is 0.185. The second kappa shape index (κ2) is 12.9. The standard InChI is InChI=1S/C26H38N4O2S/c1-27(2)14-15-29-16-18-30(19-17-29)25-8-5-4-7-22(25)21-28(3)26(32)9-6-20-33-24-12-10-23(31)11-13-24/h4-5,7-8,10-13,31H,6,9,14-21H2,1-3H3. The van der Waals surface area contributed by atoms with Gasteiger partial charge in [0.05, 0.1) is 0 Å². The SMILES string of the molecule is CN(C)CCN1CCN(c2ccccc2CN(C)C(=O)CCCSc2ccc(O)cc2)CC1. The quantitative estimate of drug-likeness (QED) is 0.400. The number of piperazine rings is 1. The van der Waals surface area contributed by atoms with E-state index in [0.717, 1.165) is 56.3 Å². The average Bonchev–Trinajstić information content (AvgIpc) is 2.82. The highest BCUT2D eigenvalue weighted by Crippen LogP contribution is 2.24. The fraction of sp³-hybridized carbons (Fsp3) is 0.500. The van der Waals surface area contributed by atoms with E-state index in [4.69, 9.17) is 0 Å². The van der Waals surface area contributed by atoms with Crippen molar-refractivity contribution in [3.05, 3.63) is 54.1 Å². The summed E-state index contributed by atoms with van der Waals surface area (Å²) in [5.41, 5.74) is 2.47. The molecule has 0 aliphatic carbocycles. The zero-order valence-electron chi connectivity index (χ0n) is 20.2. The topological polar surface area (TPSA) is 50.3 Å². The van der Waals surface area contributed by atoms with Gasteiger partial charge in [-0.25, -0.2) is 0 Å². The molecule has 0 spiro atoms. The molecule has 1 aliphatic heterocycles. The Labute approximate surface area is 203 Å². The second-order valence-electron chi connectivity index (χ2n) is 8.96. The zero-order valence-corrected chi connectivity index (χ0v) is 21.1. The number of rotatable bonds is 11. The van der Waals surface area contributed by atoms with E-state index in [2.05, 4.69) is 53.1 Å². The molecular weight excluding hydrogens is 432 g/mol. The molecule has 1 fully saturated rings. The van der Waals surface area contributed by atoms with Crippen LogP contribution in [0.3, 0.4) is 0 Å². The molecule has 6 nitrogen and oxygen atoms in total. The van der Waals surface area contributed by atoms with E-state index >= 15 is 0 Å². The van der Waals surface area contributed by atoms with Crippen molar-refractivity contribution in [2.75, 3.05) is 71.1 Å². The van der Waals surface area contributed by atoms with Crippen LogP contribution in [0.4, 0.5) is 5.69 Å². The lowest BCUT2D eigenvalue weighted by Crippen LogP contribution is -2.48. The first-order valence-electron chi connectivity index (χ1n) is 11.8. The van der Waals surface area contributed by atoms with Gasteiger partial charge in [0.2, 0.25) is 5.91 Å². The van der Waals surface area contributed by atoms with Crippen molar-refractivity contribution in [2.24, 2.45) is 0 Å². The van der Waals surface area contributed by atoms with Gasteiger partial charge < -0.3 is 19.8 Å². The average molecular weight is 471 g/mol. The van der Waals surface area contributed by atoms with Crippen LogP contribution in [0.5, 0.6) is 5.75 Å². The van der Waals surface area contributed by atoms with Gasteiger partial charge in [-0.2, -0.15) is 0 Å². The van der Waals surface area contributed by atoms with Gasteiger partial charge in [0, 0.05) is 69.9 Å². The number of hydrogen-bond acceptors (Lipinski definition) is 6. The maximum absolute atomic E-state index is 12.7. The number of amides is 1. The molecule has 7 heteroatoms. The van der Waals surface area contributed by atoms with E-state index < -0.39 is 0 Å². The smallest absolute Gasteiger partial charge is 0.222 e. The molecule has 180 valence electrons. The molecule has 1 saturated heterocycles. The van der Waals surface area contributed by atoms with Crippen LogP contribution in [0.1, 0.15) is 18.4 Å². The third-order valence-corrected chi connectivity index (χ3v) is 7.14. The number of para-hydroxylation sites is 1. The van der Waals surface area contributed by atoms with E-state index in [-0.39, 0.29) is 11.7 Å². The highest BCUT2D eigenvalue weighted by atomic mass is 32.2. The lowest BCUT2D eigenvalue weighted by atomic mass is 10.1. The third-order valence-electron chi connectivity index (χ3n) is 6.04. The number of benzene rings is 2. The molecule has 0 radical (unpaired) electrons. The van der Waals surface area contributed by atoms with Crippen LogP contribution in [0.25, 0.3) is 0 Å². The molecule has 3 rings (SSSR count). The number of likely N-dealkylation sites (N-methyl/N-ethyl adjacent to an activating group) is 1. The van der Waals surface area contributed by atoms with Crippen molar-refractivity contribution in [2.45, 2.75) is 24.3 Å². The molecule has 2 aromatic rings. The van der Waals surface area contributed by atoms with Gasteiger partial charge in [0.1, 0.15) is 5.75 Å². The number of carbonyl (C=O) groups is 1. The van der Waals surface area contributed by atoms with E-state index in [1.165, 1.54) is 11.3 Å². The van der Waals surface area contributed by atoms with Gasteiger partial charge in [-0.05, 0) is 62.2 Å². The van der Waals surface area contributed by atoms with Crippen molar-refractivity contribution < 1.29 is 9.90 Å². The molecule has 1 heterocycles. The summed E-state index contributed by atoms with van der Waals surface area (Å²) in [7, 11) is 6.16. The number of phenols is 1. The monoisotopic (exact) mass is 470 g/mol. The summed E-state index contributed by atoms with van der Waals surface area (Å²) < 4.78 is 0. The summed E-state index contributed by atoms with van der Waals surface area (Å²) in [6, 6.07) is 15.7. The lowest BCUT2D eigenvalue weighted by Gasteiger charge is -2.37. The molecular formula is C26H38N4O2S. The number of hydrogen-bond donors (Lipinski definition) is 1. The molecule has 1 amide bonds. The van der Waals surface area contributed by atoms with Crippen molar-refractivity contribution in [1.82, 2.24) is 14.7 Å².